The third-order valence-corrected chi connectivity index (χ3v) is 8.28. The molecule has 3 aliphatic rings. The largest absolute Gasteiger partial charge is 0.494 e. The summed E-state index contributed by atoms with van der Waals surface area (Å²) in [7, 11) is 2.90. The molecular weight excluding hydrogens is 330 g/mol. The third-order valence-electron chi connectivity index (χ3n) is 6.08. The fraction of sp³-hybridized carbons (Fsp3) is 0.800. The van der Waals surface area contributed by atoms with Crippen LogP contribution in [0.2, 0.25) is 19.6 Å². The molecule has 0 amide bonds. The Bertz CT molecular complexity index is 552. The average molecular weight is 366 g/mol. The molecule has 142 valence electrons. The molecule has 2 unspecified atom stereocenters. The van der Waals surface area contributed by atoms with Gasteiger partial charge in [0.05, 0.1) is 33.4 Å². The van der Waals surface area contributed by atoms with Crippen molar-refractivity contribution in [1.82, 2.24) is 4.90 Å². The summed E-state index contributed by atoms with van der Waals surface area (Å²) >= 11 is 0. The van der Waals surface area contributed by atoms with Crippen molar-refractivity contribution in [2.24, 2.45) is 5.92 Å². The molecule has 0 aromatic carbocycles. The van der Waals surface area contributed by atoms with E-state index < -0.39 is 8.07 Å². The monoisotopic (exact) mass is 365 g/mol. The summed E-state index contributed by atoms with van der Waals surface area (Å²) in [5, 5.41) is 1.56. The van der Waals surface area contributed by atoms with Crippen LogP contribution in [0.15, 0.2) is 23.1 Å². The van der Waals surface area contributed by atoms with E-state index in [9.17, 15) is 0 Å². The number of likely N-dealkylation sites (N-methyl/N-ethyl adjacent to an activating group) is 1. The highest BCUT2D eigenvalue weighted by molar-refractivity contribution is 6.83. The lowest BCUT2D eigenvalue weighted by molar-refractivity contribution is -0.185. The Morgan fingerprint density at radius 3 is 2.48 bits per heavy atom. The molecule has 3 rings (SSSR count). The van der Waals surface area contributed by atoms with Gasteiger partial charge in [0.25, 0.3) is 0 Å². The number of allylic oxidation sites excluding steroid dienone is 1. The van der Waals surface area contributed by atoms with Crippen LogP contribution in [0.1, 0.15) is 32.6 Å². The predicted octanol–water partition coefficient (Wildman–Crippen LogP) is 3.96. The van der Waals surface area contributed by atoms with Gasteiger partial charge in [-0.25, -0.2) is 0 Å². The first-order valence-corrected chi connectivity index (χ1v) is 13.3. The SMILES string of the molecule is CCOC1=CC(CC2CCCC23OCCO3)(N(C)C)C([Si](C)(C)C)=C1. The maximum Gasteiger partial charge on any atom is 0.171 e. The van der Waals surface area contributed by atoms with Crippen molar-refractivity contribution in [3.05, 3.63) is 23.1 Å². The molecule has 0 radical (unpaired) electrons. The number of rotatable bonds is 6. The van der Waals surface area contributed by atoms with Crippen LogP contribution in [0, 0.1) is 5.92 Å². The molecule has 1 saturated heterocycles. The Kier molecular flexibility index (Phi) is 5.24. The molecule has 4 nitrogen and oxygen atoms in total. The van der Waals surface area contributed by atoms with E-state index in [2.05, 4.69) is 57.7 Å². The van der Waals surface area contributed by atoms with Gasteiger partial charge >= 0.3 is 0 Å². The number of nitrogens with zero attached hydrogens (tertiary/aromatic N) is 1. The molecule has 0 bridgehead atoms. The van der Waals surface area contributed by atoms with Gasteiger partial charge < -0.3 is 14.2 Å². The second kappa shape index (κ2) is 6.84. The van der Waals surface area contributed by atoms with Crippen LogP contribution in [-0.2, 0) is 14.2 Å². The third kappa shape index (κ3) is 3.36. The van der Waals surface area contributed by atoms with Crippen LogP contribution in [0.4, 0.5) is 0 Å². The second-order valence-corrected chi connectivity index (χ2v) is 13.9. The molecule has 0 aromatic heterocycles. The first-order chi connectivity index (χ1) is 11.7. The summed E-state index contributed by atoms with van der Waals surface area (Å²) in [6, 6.07) is 0. The molecule has 1 spiro atoms. The molecule has 5 heteroatoms. The van der Waals surface area contributed by atoms with Crippen molar-refractivity contribution >= 4 is 8.07 Å². The zero-order valence-corrected chi connectivity index (χ0v) is 17.9. The molecule has 25 heavy (non-hydrogen) atoms. The summed E-state index contributed by atoms with van der Waals surface area (Å²) < 4.78 is 18.2. The van der Waals surface area contributed by atoms with Crippen molar-refractivity contribution < 1.29 is 14.2 Å². The van der Waals surface area contributed by atoms with Crippen LogP contribution in [0.5, 0.6) is 0 Å². The molecule has 2 aliphatic carbocycles. The topological polar surface area (TPSA) is 30.9 Å². The molecule has 1 heterocycles. The van der Waals surface area contributed by atoms with E-state index in [1.807, 2.05) is 0 Å². The lowest BCUT2D eigenvalue weighted by Crippen LogP contribution is -2.52. The lowest BCUT2D eigenvalue weighted by atomic mass is 9.83. The van der Waals surface area contributed by atoms with Crippen molar-refractivity contribution in [1.29, 1.82) is 0 Å². The molecule has 2 fully saturated rings. The van der Waals surface area contributed by atoms with E-state index in [0.717, 1.165) is 31.8 Å². The number of hydrogen-bond acceptors (Lipinski definition) is 4. The summed E-state index contributed by atoms with van der Waals surface area (Å²) in [5.74, 6) is 1.14. The van der Waals surface area contributed by atoms with Gasteiger partial charge in [0.1, 0.15) is 5.76 Å². The molecule has 0 N–H and O–H groups in total. The summed E-state index contributed by atoms with van der Waals surface area (Å²) in [6.07, 6.45) is 9.16. The van der Waals surface area contributed by atoms with E-state index in [-0.39, 0.29) is 11.3 Å². The first-order valence-electron chi connectivity index (χ1n) is 9.77. The summed E-state index contributed by atoms with van der Waals surface area (Å²) in [4.78, 5) is 2.39. The Labute approximate surface area is 154 Å². The summed E-state index contributed by atoms with van der Waals surface area (Å²) in [6.45, 7) is 11.6. The highest BCUT2D eigenvalue weighted by atomic mass is 28.3. The molecular formula is C20H35NO3Si. The zero-order valence-electron chi connectivity index (χ0n) is 16.9. The predicted molar refractivity (Wildman–Crippen MR) is 104 cm³/mol. The van der Waals surface area contributed by atoms with Gasteiger partial charge in [0.15, 0.2) is 5.79 Å². The first kappa shape index (κ1) is 19.1. The molecule has 0 aromatic rings. The van der Waals surface area contributed by atoms with E-state index >= 15 is 0 Å². The smallest absolute Gasteiger partial charge is 0.171 e. The van der Waals surface area contributed by atoms with Gasteiger partial charge in [-0.2, -0.15) is 0 Å². The van der Waals surface area contributed by atoms with Crippen molar-refractivity contribution in [3.63, 3.8) is 0 Å². The van der Waals surface area contributed by atoms with Crippen LogP contribution < -0.4 is 0 Å². The standard InChI is InChI=1S/C20H35NO3Si/c1-7-22-17-13-18(25(4,5)6)19(15-17,21(2)3)14-16-9-8-10-20(16)23-11-12-24-20/h13,15-16H,7-12,14H2,1-6H3. The fourth-order valence-electron chi connectivity index (χ4n) is 4.96. The Balaban J connectivity index is 1.96. The molecule has 2 atom stereocenters. The van der Waals surface area contributed by atoms with E-state index in [0.29, 0.717) is 12.5 Å². The van der Waals surface area contributed by atoms with Gasteiger partial charge in [0, 0.05) is 12.3 Å². The highest BCUT2D eigenvalue weighted by Gasteiger charge is 2.53. The van der Waals surface area contributed by atoms with Crippen LogP contribution in [-0.4, -0.2) is 58.2 Å². The van der Waals surface area contributed by atoms with Gasteiger partial charge in [-0.15, -0.1) is 0 Å². The maximum absolute atomic E-state index is 6.14. The van der Waals surface area contributed by atoms with Gasteiger partial charge in [-0.3, -0.25) is 4.90 Å². The fourth-order valence-corrected chi connectivity index (χ4v) is 7.23. The van der Waals surface area contributed by atoms with Crippen LogP contribution in [0.3, 0.4) is 0 Å². The number of ether oxygens (including phenoxy) is 3. The zero-order chi connectivity index (χ0) is 18.3. The average Bonchev–Trinajstić information content (AvgIpc) is 3.21. The van der Waals surface area contributed by atoms with E-state index in [4.69, 9.17) is 14.2 Å². The van der Waals surface area contributed by atoms with Crippen molar-refractivity contribution in [2.75, 3.05) is 33.9 Å². The van der Waals surface area contributed by atoms with Crippen LogP contribution in [0.25, 0.3) is 0 Å². The van der Waals surface area contributed by atoms with E-state index in [1.165, 1.54) is 12.8 Å². The maximum atomic E-state index is 6.14. The number of hydrogen-bond donors (Lipinski definition) is 0. The molecule has 1 saturated carbocycles. The quantitative estimate of drug-likeness (QED) is 0.667. The van der Waals surface area contributed by atoms with Gasteiger partial charge in [0.2, 0.25) is 0 Å². The van der Waals surface area contributed by atoms with Crippen molar-refractivity contribution in [2.45, 2.75) is 63.6 Å². The van der Waals surface area contributed by atoms with Crippen LogP contribution >= 0.6 is 0 Å². The minimum Gasteiger partial charge on any atom is -0.494 e. The molecule has 1 aliphatic heterocycles. The van der Waals surface area contributed by atoms with E-state index in [1.54, 1.807) is 5.20 Å². The lowest BCUT2D eigenvalue weighted by Gasteiger charge is -2.45. The normalized spacial score (nSPS) is 31.7. The Morgan fingerprint density at radius 2 is 1.92 bits per heavy atom. The minimum atomic E-state index is -1.51. The second-order valence-electron chi connectivity index (χ2n) is 8.91. The summed E-state index contributed by atoms with van der Waals surface area (Å²) in [5.41, 5.74) is -0.0771. The van der Waals surface area contributed by atoms with Gasteiger partial charge in [-0.05, 0) is 52.4 Å². The Hall–Kier alpha value is -0.623. The van der Waals surface area contributed by atoms with Crippen molar-refractivity contribution in [3.8, 4) is 0 Å². The Morgan fingerprint density at radius 1 is 1.24 bits per heavy atom. The minimum absolute atomic E-state index is 0.0771. The highest BCUT2D eigenvalue weighted by Crippen LogP contribution is 2.50. The van der Waals surface area contributed by atoms with Gasteiger partial charge in [-0.1, -0.05) is 24.8 Å².